The zero-order valence-corrected chi connectivity index (χ0v) is 11.8. The minimum absolute atomic E-state index is 0.384. The molecule has 0 radical (unpaired) electrons. The van der Waals surface area contributed by atoms with Gasteiger partial charge in [0.1, 0.15) is 0 Å². The molecule has 0 amide bonds. The van der Waals surface area contributed by atoms with E-state index in [2.05, 4.69) is 43.0 Å². The van der Waals surface area contributed by atoms with E-state index in [1.807, 2.05) is 0 Å². The summed E-state index contributed by atoms with van der Waals surface area (Å²) in [6.45, 7) is 5.71. The number of rotatable bonds is 4. The fraction of sp³-hybridized carbons (Fsp3) is 0.667. The second-order valence-electron chi connectivity index (χ2n) is 4.63. The van der Waals surface area contributed by atoms with Gasteiger partial charge < -0.3 is 10.2 Å². The molecular weight excluding hydrogens is 280 g/mol. The van der Waals surface area contributed by atoms with Crippen LogP contribution in [-0.2, 0) is 0 Å². The van der Waals surface area contributed by atoms with Crippen LogP contribution in [0.2, 0.25) is 0 Å². The minimum Gasteiger partial charge on any atom is -0.350 e. The van der Waals surface area contributed by atoms with Crippen LogP contribution in [0.5, 0.6) is 0 Å². The molecule has 4 nitrogen and oxygen atoms in total. The molecule has 0 saturated carbocycles. The molecule has 0 aromatic carbocycles. The van der Waals surface area contributed by atoms with E-state index in [-0.39, 0.29) is 0 Å². The van der Waals surface area contributed by atoms with Gasteiger partial charge in [-0.1, -0.05) is 6.42 Å². The third-order valence-corrected chi connectivity index (χ3v) is 3.39. The molecule has 0 spiro atoms. The molecule has 2 rings (SSSR count). The Hall–Kier alpha value is -0.680. The van der Waals surface area contributed by atoms with E-state index in [4.69, 9.17) is 0 Å². The predicted octanol–water partition coefficient (Wildman–Crippen LogP) is 2.53. The average Bonchev–Trinajstić information content (AvgIpc) is 2.33. The van der Waals surface area contributed by atoms with Crippen LogP contribution in [0.15, 0.2) is 16.9 Å². The topological polar surface area (TPSA) is 41.0 Å². The van der Waals surface area contributed by atoms with Crippen LogP contribution in [-0.4, -0.2) is 40.5 Å². The van der Waals surface area contributed by atoms with Gasteiger partial charge in [-0.2, -0.15) is 0 Å². The molecule has 1 unspecified atom stereocenters. The molecule has 2 heterocycles. The van der Waals surface area contributed by atoms with E-state index in [0.717, 1.165) is 11.0 Å². The number of likely N-dealkylation sites (tertiary alicyclic amines) is 1. The van der Waals surface area contributed by atoms with Gasteiger partial charge >= 0.3 is 0 Å². The fourth-order valence-corrected chi connectivity index (χ4v) is 2.39. The third-order valence-electron chi connectivity index (χ3n) is 2.98. The van der Waals surface area contributed by atoms with Crippen molar-refractivity contribution in [3.05, 3.63) is 16.9 Å². The molecule has 1 aromatic heterocycles. The van der Waals surface area contributed by atoms with Crippen molar-refractivity contribution in [2.45, 2.75) is 32.2 Å². The summed E-state index contributed by atoms with van der Waals surface area (Å²) in [5.74, 6) is 0.706. The van der Waals surface area contributed by atoms with Gasteiger partial charge in [-0.3, -0.25) is 0 Å². The van der Waals surface area contributed by atoms with Crippen LogP contribution in [0, 0.1) is 0 Å². The average molecular weight is 299 g/mol. The summed E-state index contributed by atoms with van der Waals surface area (Å²) in [5, 5.41) is 3.33. The molecule has 94 valence electrons. The Morgan fingerprint density at radius 2 is 1.94 bits per heavy atom. The maximum atomic E-state index is 4.22. The Balaban J connectivity index is 1.79. The first-order valence-corrected chi connectivity index (χ1v) is 7.00. The highest BCUT2D eigenvalue weighted by molar-refractivity contribution is 9.10. The summed E-state index contributed by atoms with van der Waals surface area (Å²) in [6.07, 6.45) is 7.59. The van der Waals surface area contributed by atoms with Crippen molar-refractivity contribution in [2.24, 2.45) is 0 Å². The first-order valence-electron chi connectivity index (χ1n) is 6.20. The molecule has 1 aliphatic heterocycles. The SMILES string of the molecule is CC(CN1CCCCC1)Nc1ncc(Br)cn1. The largest absolute Gasteiger partial charge is 0.350 e. The Morgan fingerprint density at radius 3 is 2.59 bits per heavy atom. The first-order chi connectivity index (χ1) is 8.24. The summed E-state index contributed by atoms with van der Waals surface area (Å²) in [6, 6.07) is 0.384. The Bertz CT molecular complexity index is 335. The third kappa shape index (κ3) is 4.24. The lowest BCUT2D eigenvalue weighted by atomic mass is 10.1. The zero-order chi connectivity index (χ0) is 12.1. The van der Waals surface area contributed by atoms with Gasteiger partial charge in [-0.15, -0.1) is 0 Å². The first kappa shape index (κ1) is 12.8. The normalized spacial score (nSPS) is 18.9. The number of aromatic nitrogens is 2. The Morgan fingerprint density at radius 1 is 1.29 bits per heavy atom. The summed E-state index contributed by atoms with van der Waals surface area (Å²) in [7, 11) is 0. The molecular formula is C12H19BrN4. The zero-order valence-electron chi connectivity index (χ0n) is 10.2. The Kier molecular flexibility index (Phi) is 4.74. The quantitative estimate of drug-likeness (QED) is 0.927. The lowest BCUT2D eigenvalue weighted by molar-refractivity contribution is 0.223. The molecule has 0 aliphatic carbocycles. The molecule has 1 fully saturated rings. The van der Waals surface area contributed by atoms with Crippen LogP contribution in [0.1, 0.15) is 26.2 Å². The number of anilines is 1. The highest BCUT2D eigenvalue weighted by atomic mass is 79.9. The molecule has 1 aliphatic rings. The van der Waals surface area contributed by atoms with Crippen molar-refractivity contribution in [3.8, 4) is 0 Å². The summed E-state index contributed by atoms with van der Waals surface area (Å²) >= 11 is 3.33. The van der Waals surface area contributed by atoms with E-state index in [0.29, 0.717) is 12.0 Å². The van der Waals surface area contributed by atoms with Gasteiger partial charge in [-0.25, -0.2) is 9.97 Å². The van der Waals surface area contributed by atoms with Gasteiger partial charge in [0, 0.05) is 25.0 Å². The number of piperidine rings is 1. The lowest BCUT2D eigenvalue weighted by Gasteiger charge is -2.29. The van der Waals surface area contributed by atoms with Crippen LogP contribution in [0.4, 0.5) is 5.95 Å². The van der Waals surface area contributed by atoms with Crippen LogP contribution >= 0.6 is 15.9 Å². The highest BCUT2D eigenvalue weighted by Crippen LogP contribution is 2.11. The summed E-state index contributed by atoms with van der Waals surface area (Å²) < 4.78 is 0.909. The van der Waals surface area contributed by atoms with Gasteiger partial charge in [0.15, 0.2) is 0 Å². The smallest absolute Gasteiger partial charge is 0.222 e. The fourth-order valence-electron chi connectivity index (χ4n) is 2.18. The molecule has 1 saturated heterocycles. The molecule has 1 N–H and O–H groups in total. The molecule has 5 heteroatoms. The van der Waals surface area contributed by atoms with E-state index in [9.17, 15) is 0 Å². The predicted molar refractivity (Wildman–Crippen MR) is 73.1 cm³/mol. The van der Waals surface area contributed by atoms with E-state index >= 15 is 0 Å². The number of nitrogens with zero attached hydrogens (tertiary/aromatic N) is 3. The monoisotopic (exact) mass is 298 g/mol. The van der Waals surface area contributed by atoms with Crippen LogP contribution in [0.25, 0.3) is 0 Å². The van der Waals surface area contributed by atoms with Crippen LogP contribution < -0.4 is 5.32 Å². The van der Waals surface area contributed by atoms with Crippen molar-refractivity contribution in [1.29, 1.82) is 0 Å². The maximum Gasteiger partial charge on any atom is 0.222 e. The highest BCUT2D eigenvalue weighted by Gasteiger charge is 2.13. The van der Waals surface area contributed by atoms with E-state index in [1.54, 1.807) is 12.4 Å². The number of halogens is 1. The van der Waals surface area contributed by atoms with Crippen molar-refractivity contribution in [1.82, 2.24) is 14.9 Å². The number of nitrogens with one attached hydrogen (secondary N) is 1. The molecule has 17 heavy (non-hydrogen) atoms. The number of hydrogen-bond donors (Lipinski definition) is 1. The summed E-state index contributed by atoms with van der Waals surface area (Å²) in [5.41, 5.74) is 0. The van der Waals surface area contributed by atoms with Crippen molar-refractivity contribution in [2.75, 3.05) is 25.0 Å². The van der Waals surface area contributed by atoms with Gasteiger partial charge in [-0.05, 0) is 48.8 Å². The lowest BCUT2D eigenvalue weighted by Crippen LogP contribution is -2.38. The Labute approximate surface area is 111 Å². The molecule has 1 atom stereocenters. The summed E-state index contributed by atoms with van der Waals surface area (Å²) in [4.78, 5) is 11.0. The number of hydrogen-bond acceptors (Lipinski definition) is 4. The molecule has 1 aromatic rings. The second-order valence-corrected chi connectivity index (χ2v) is 5.55. The van der Waals surface area contributed by atoms with E-state index < -0.39 is 0 Å². The minimum atomic E-state index is 0.384. The van der Waals surface area contributed by atoms with Crippen molar-refractivity contribution >= 4 is 21.9 Å². The van der Waals surface area contributed by atoms with Gasteiger partial charge in [0.2, 0.25) is 5.95 Å². The standard InChI is InChI=1S/C12H19BrN4/c1-10(9-17-5-3-2-4-6-17)16-12-14-7-11(13)8-15-12/h7-8,10H,2-6,9H2,1H3,(H,14,15,16). The van der Waals surface area contributed by atoms with Gasteiger partial charge in [0.05, 0.1) is 4.47 Å². The van der Waals surface area contributed by atoms with E-state index in [1.165, 1.54) is 32.4 Å². The van der Waals surface area contributed by atoms with Crippen molar-refractivity contribution < 1.29 is 0 Å². The van der Waals surface area contributed by atoms with Gasteiger partial charge in [0.25, 0.3) is 0 Å². The van der Waals surface area contributed by atoms with Crippen LogP contribution in [0.3, 0.4) is 0 Å². The maximum absolute atomic E-state index is 4.22. The molecule has 0 bridgehead atoms. The second kappa shape index (κ2) is 6.31. The van der Waals surface area contributed by atoms with Crippen molar-refractivity contribution in [3.63, 3.8) is 0 Å².